The number of hydrogen-bond acceptors (Lipinski definition) is 0. The third-order valence-electron chi connectivity index (χ3n) is 4.11. The average molecular weight is 276 g/mol. The van der Waals surface area contributed by atoms with Crippen LogP contribution in [-0.4, -0.2) is 0 Å². The molecule has 0 spiro atoms. The Morgan fingerprint density at radius 3 is 2.29 bits per heavy atom. The maximum Gasteiger partial charge on any atom is -0.00203 e. The Kier molecular flexibility index (Phi) is 5.16. The van der Waals surface area contributed by atoms with Crippen molar-refractivity contribution >= 4 is 11.6 Å². The molecule has 0 aromatic heterocycles. The topological polar surface area (TPSA) is 0 Å². The van der Waals surface area contributed by atoms with Crippen LogP contribution in [0.3, 0.4) is 0 Å². The van der Waals surface area contributed by atoms with Gasteiger partial charge in [-0.3, -0.25) is 0 Å². The highest BCUT2D eigenvalue weighted by Gasteiger charge is 2.09. The number of benzene rings is 2. The molecule has 0 saturated heterocycles. The Bertz CT molecular complexity index is 642. The average Bonchev–Trinajstić information content (AvgIpc) is 2.53. The summed E-state index contributed by atoms with van der Waals surface area (Å²) in [6.45, 7) is 10.5. The molecule has 0 heteroatoms. The molecule has 0 unspecified atom stereocenters. The molecule has 0 N–H and O–H groups in total. The van der Waals surface area contributed by atoms with Crippen LogP contribution >= 0.6 is 0 Å². The van der Waals surface area contributed by atoms with Gasteiger partial charge in [0, 0.05) is 0 Å². The van der Waals surface area contributed by atoms with Gasteiger partial charge in [-0.25, -0.2) is 0 Å². The van der Waals surface area contributed by atoms with E-state index in [1.54, 1.807) is 0 Å². The number of aryl methyl sites for hydroxylation is 1. The molecule has 2 aromatic carbocycles. The fourth-order valence-electron chi connectivity index (χ4n) is 2.58. The van der Waals surface area contributed by atoms with Crippen molar-refractivity contribution in [2.75, 3.05) is 0 Å². The van der Waals surface area contributed by atoms with Crippen LogP contribution in [0.25, 0.3) is 11.6 Å². The highest BCUT2D eigenvalue weighted by molar-refractivity contribution is 5.72. The number of allylic oxidation sites excluding steroid dienone is 2. The molecule has 0 radical (unpaired) electrons. The summed E-state index contributed by atoms with van der Waals surface area (Å²) in [5, 5.41) is 0. The second-order valence-electron chi connectivity index (χ2n) is 5.55. The van der Waals surface area contributed by atoms with Gasteiger partial charge in [-0.1, -0.05) is 73.7 Å². The molecule has 21 heavy (non-hydrogen) atoms. The van der Waals surface area contributed by atoms with Gasteiger partial charge in [0.25, 0.3) is 0 Å². The first-order chi connectivity index (χ1) is 10.2. The van der Waals surface area contributed by atoms with Crippen LogP contribution < -0.4 is 0 Å². The van der Waals surface area contributed by atoms with Crippen molar-refractivity contribution < 1.29 is 0 Å². The van der Waals surface area contributed by atoms with Crippen LogP contribution in [0.5, 0.6) is 0 Å². The summed E-state index contributed by atoms with van der Waals surface area (Å²) >= 11 is 0. The van der Waals surface area contributed by atoms with E-state index < -0.39 is 0 Å². The molecule has 108 valence electrons. The highest BCUT2D eigenvalue weighted by Crippen LogP contribution is 2.27. The molecular formula is C21H24. The van der Waals surface area contributed by atoms with Gasteiger partial charge in [-0.2, -0.15) is 0 Å². The van der Waals surface area contributed by atoms with E-state index in [1.165, 1.54) is 33.4 Å². The Hall–Kier alpha value is -2.08. The fraction of sp³-hybridized carbons (Fsp3) is 0.238. The van der Waals surface area contributed by atoms with Crippen molar-refractivity contribution in [2.45, 2.75) is 33.6 Å². The van der Waals surface area contributed by atoms with E-state index in [0.29, 0.717) is 0 Å². The Morgan fingerprint density at radius 2 is 1.71 bits per heavy atom. The molecule has 0 bridgehead atoms. The maximum atomic E-state index is 3.81. The zero-order valence-electron chi connectivity index (χ0n) is 13.3. The van der Waals surface area contributed by atoms with Crippen molar-refractivity contribution in [3.8, 4) is 0 Å². The highest BCUT2D eigenvalue weighted by atomic mass is 14.1. The third kappa shape index (κ3) is 3.72. The largest absolute Gasteiger partial charge is 0.0985 e. The van der Waals surface area contributed by atoms with Crippen LogP contribution in [0, 0.1) is 6.92 Å². The monoisotopic (exact) mass is 276 g/mol. The van der Waals surface area contributed by atoms with Crippen molar-refractivity contribution in [3.05, 3.63) is 82.9 Å². The van der Waals surface area contributed by atoms with Crippen LogP contribution in [0.4, 0.5) is 0 Å². The molecular weight excluding hydrogens is 252 g/mol. The first-order valence-electron chi connectivity index (χ1n) is 7.61. The molecule has 2 rings (SSSR count). The van der Waals surface area contributed by atoms with E-state index >= 15 is 0 Å². The predicted molar refractivity (Wildman–Crippen MR) is 94.3 cm³/mol. The van der Waals surface area contributed by atoms with Gasteiger partial charge in [0.2, 0.25) is 0 Å². The van der Waals surface area contributed by atoms with Gasteiger partial charge < -0.3 is 0 Å². The summed E-state index contributed by atoms with van der Waals surface area (Å²) in [4.78, 5) is 0. The molecule has 0 nitrogen and oxygen atoms in total. The molecule has 0 atom stereocenters. The predicted octanol–water partition coefficient (Wildman–Crippen LogP) is 6.06. The quantitative estimate of drug-likeness (QED) is 0.622. The molecule has 0 heterocycles. The minimum atomic E-state index is 0.988. The summed E-state index contributed by atoms with van der Waals surface area (Å²) in [6.07, 6.45) is 3.97. The van der Waals surface area contributed by atoms with Gasteiger partial charge in [-0.15, -0.1) is 0 Å². The number of hydrogen-bond donors (Lipinski definition) is 0. The maximum absolute atomic E-state index is 3.81. The minimum absolute atomic E-state index is 0.988. The van der Waals surface area contributed by atoms with Crippen molar-refractivity contribution in [1.29, 1.82) is 0 Å². The number of rotatable bonds is 5. The van der Waals surface area contributed by atoms with Gasteiger partial charge in [0.15, 0.2) is 0 Å². The Morgan fingerprint density at radius 1 is 1.05 bits per heavy atom. The third-order valence-corrected chi connectivity index (χ3v) is 4.11. The van der Waals surface area contributed by atoms with Crippen molar-refractivity contribution in [1.82, 2.24) is 0 Å². The molecule has 0 aliphatic heterocycles. The zero-order valence-corrected chi connectivity index (χ0v) is 13.3. The molecule has 0 amide bonds. The van der Waals surface area contributed by atoms with E-state index in [0.717, 1.165) is 12.8 Å². The van der Waals surface area contributed by atoms with Gasteiger partial charge >= 0.3 is 0 Å². The lowest BCUT2D eigenvalue weighted by molar-refractivity contribution is 1.08. The molecule has 2 aromatic rings. The first kappa shape index (κ1) is 15.3. The van der Waals surface area contributed by atoms with Crippen LogP contribution in [-0.2, 0) is 6.42 Å². The second kappa shape index (κ2) is 7.08. The summed E-state index contributed by atoms with van der Waals surface area (Å²) < 4.78 is 0. The first-order valence-corrected chi connectivity index (χ1v) is 7.61. The second-order valence-corrected chi connectivity index (χ2v) is 5.55. The molecule has 0 aliphatic carbocycles. The Balaban J connectivity index is 2.38. The lowest BCUT2D eigenvalue weighted by atomic mass is 9.90. The SMILES string of the molecule is C=Cc1ccc(C/C(=C(\C)CC)c2ccccc2C)cc1. The zero-order chi connectivity index (χ0) is 15.2. The lowest BCUT2D eigenvalue weighted by Gasteiger charge is -2.15. The normalized spacial score (nSPS) is 12.0. The van der Waals surface area contributed by atoms with Crippen LogP contribution in [0.2, 0.25) is 0 Å². The molecule has 0 fully saturated rings. The smallest absolute Gasteiger partial charge is 0.00203 e. The van der Waals surface area contributed by atoms with Crippen molar-refractivity contribution in [2.24, 2.45) is 0 Å². The van der Waals surface area contributed by atoms with Crippen molar-refractivity contribution in [3.63, 3.8) is 0 Å². The standard InChI is InChI=1S/C21H24/c1-5-16(3)21(20-10-8-7-9-17(20)4)15-19-13-11-18(6-2)12-14-19/h6-14H,2,5,15H2,1,3-4H3/b21-16-. The minimum Gasteiger partial charge on any atom is -0.0985 e. The van der Waals surface area contributed by atoms with E-state index in [1.807, 2.05) is 6.08 Å². The van der Waals surface area contributed by atoms with Gasteiger partial charge in [-0.05, 0) is 54.5 Å². The molecule has 0 saturated carbocycles. The van der Waals surface area contributed by atoms with Crippen LogP contribution in [0.1, 0.15) is 42.5 Å². The van der Waals surface area contributed by atoms with Crippen LogP contribution in [0.15, 0.2) is 60.7 Å². The van der Waals surface area contributed by atoms with E-state index in [4.69, 9.17) is 0 Å². The van der Waals surface area contributed by atoms with E-state index in [2.05, 4.69) is 75.9 Å². The summed E-state index contributed by atoms with van der Waals surface area (Å²) in [5.74, 6) is 0. The van der Waals surface area contributed by atoms with Gasteiger partial charge in [0.1, 0.15) is 0 Å². The van der Waals surface area contributed by atoms with Gasteiger partial charge in [0.05, 0.1) is 0 Å². The lowest BCUT2D eigenvalue weighted by Crippen LogP contribution is -1.97. The molecule has 0 aliphatic rings. The summed E-state index contributed by atoms with van der Waals surface area (Å²) in [6, 6.07) is 17.4. The van der Waals surface area contributed by atoms with E-state index in [-0.39, 0.29) is 0 Å². The summed E-state index contributed by atoms with van der Waals surface area (Å²) in [7, 11) is 0. The van der Waals surface area contributed by atoms with E-state index in [9.17, 15) is 0 Å². The fourth-order valence-corrected chi connectivity index (χ4v) is 2.58. The summed E-state index contributed by atoms with van der Waals surface area (Å²) in [5.41, 5.74) is 8.19. The Labute approximate surface area is 128 Å².